The Hall–Kier alpha value is -2.71. The molecule has 2 heterocycles. The van der Waals surface area contributed by atoms with E-state index < -0.39 is 0 Å². The number of carbonyl (C=O) groups excluding carboxylic acids is 1. The highest BCUT2D eigenvalue weighted by atomic mass is 32.2. The van der Waals surface area contributed by atoms with Gasteiger partial charge in [-0.15, -0.1) is 11.8 Å². The summed E-state index contributed by atoms with van der Waals surface area (Å²) in [5.74, 6) is 1.93. The van der Waals surface area contributed by atoms with Crippen molar-refractivity contribution in [3.05, 3.63) is 77.4 Å². The highest BCUT2D eigenvalue weighted by Crippen LogP contribution is 2.18. The van der Waals surface area contributed by atoms with Gasteiger partial charge in [-0.25, -0.2) is 4.98 Å². The van der Waals surface area contributed by atoms with E-state index in [-0.39, 0.29) is 5.91 Å². The molecule has 2 aromatic carbocycles. The van der Waals surface area contributed by atoms with Crippen LogP contribution in [0.1, 0.15) is 22.8 Å². The van der Waals surface area contributed by atoms with Gasteiger partial charge >= 0.3 is 0 Å². The highest BCUT2D eigenvalue weighted by molar-refractivity contribution is 7.99. The van der Waals surface area contributed by atoms with Gasteiger partial charge < -0.3 is 9.88 Å². The lowest BCUT2D eigenvalue weighted by Crippen LogP contribution is -2.26. The number of carbonyl (C=O) groups is 1. The van der Waals surface area contributed by atoms with Crippen LogP contribution >= 0.6 is 23.5 Å². The average Bonchev–Trinajstić information content (AvgIpc) is 3.31. The number of hydrogen-bond donors (Lipinski definition) is 1. The molecule has 1 amide bonds. The fraction of sp³-hybridized carbons (Fsp3) is 0.238. The predicted molar refractivity (Wildman–Crippen MR) is 118 cm³/mol. The first-order chi connectivity index (χ1) is 14.2. The topological polar surface area (TPSA) is 72.7 Å². The van der Waals surface area contributed by atoms with Crippen molar-refractivity contribution in [1.29, 1.82) is 0 Å². The number of aryl methyl sites for hydroxylation is 1. The molecule has 0 aliphatic rings. The SMILES string of the molecule is Cc1nsnc1CSCC(=O)NCc1nc2ccccc2n1Cc1ccccc1. The summed E-state index contributed by atoms with van der Waals surface area (Å²) in [5, 5.41) is 3.00. The minimum Gasteiger partial charge on any atom is -0.348 e. The quantitative estimate of drug-likeness (QED) is 0.467. The van der Waals surface area contributed by atoms with Crippen LogP contribution in [0.3, 0.4) is 0 Å². The number of thioether (sulfide) groups is 1. The molecular formula is C21H21N5OS2. The molecule has 0 aliphatic carbocycles. The molecule has 2 aromatic heterocycles. The molecule has 6 nitrogen and oxygen atoms in total. The van der Waals surface area contributed by atoms with Crippen molar-refractivity contribution in [2.24, 2.45) is 0 Å². The fourth-order valence-electron chi connectivity index (χ4n) is 3.05. The third kappa shape index (κ3) is 4.83. The Labute approximate surface area is 177 Å². The lowest BCUT2D eigenvalue weighted by molar-refractivity contribution is -0.118. The van der Waals surface area contributed by atoms with E-state index in [9.17, 15) is 4.79 Å². The maximum Gasteiger partial charge on any atom is 0.230 e. The summed E-state index contributed by atoms with van der Waals surface area (Å²) < 4.78 is 10.6. The molecule has 0 aliphatic heterocycles. The summed E-state index contributed by atoms with van der Waals surface area (Å²) in [7, 11) is 0. The molecule has 148 valence electrons. The lowest BCUT2D eigenvalue weighted by Gasteiger charge is -2.10. The fourth-order valence-corrected chi connectivity index (χ4v) is 4.55. The van der Waals surface area contributed by atoms with Gasteiger partial charge in [-0.1, -0.05) is 42.5 Å². The van der Waals surface area contributed by atoms with Crippen LogP contribution in [0.15, 0.2) is 54.6 Å². The highest BCUT2D eigenvalue weighted by Gasteiger charge is 2.12. The van der Waals surface area contributed by atoms with Crippen LogP contribution in [0.4, 0.5) is 0 Å². The first-order valence-electron chi connectivity index (χ1n) is 9.31. The molecule has 4 rings (SSSR count). The second-order valence-corrected chi connectivity index (χ2v) is 8.17. The van der Waals surface area contributed by atoms with E-state index >= 15 is 0 Å². The van der Waals surface area contributed by atoms with E-state index in [1.807, 2.05) is 43.3 Å². The molecular weight excluding hydrogens is 402 g/mol. The largest absolute Gasteiger partial charge is 0.348 e. The zero-order chi connectivity index (χ0) is 20.1. The minimum absolute atomic E-state index is 0.00541. The Kier molecular flexibility index (Phi) is 6.21. The Morgan fingerprint density at radius 1 is 1.10 bits per heavy atom. The summed E-state index contributed by atoms with van der Waals surface area (Å²) in [6.45, 7) is 3.06. The summed E-state index contributed by atoms with van der Waals surface area (Å²) in [4.78, 5) is 17.1. The van der Waals surface area contributed by atoms with Crippen LogP contribution in [-0.2, 0) is 23.6 Å². The van der Waals surface area contributed by atoms with Crippen LogP contribution in [0.25, 0.3) is 11.0 Å². The number of hydrogen-bond acceptors (Lipinski definition) is 6. The number of rotatable bonds is 8. The molecule has 4 aromatic rings. The first kappa shape index (κ1) is 19.6. The molecule has 0 radical (unpaired) electrons. The minimum atomic E-state index is -0.00541. The maximum absolute atomic E-state index is 12.3. The van der Waals surface area contributed by atoms with Gasteiger partial charge in [0.15, 0.2) is 0 Å². The van der Waals surface area contributed by atoms with Crippen molar-refractivity contribution in [2.45, 2.75) is 25.8 Å². The lowest BCUT2D eigenvalue weighted by atomic mass is 10.2. The summed E-state index contributed by atoms with van der Waals surface area (Å²) in [6.07, 6.45) is 0. The third-order valence-corrected chi connectivity index (χ3v) is 6.18. The van der Waals surface area contributed by atoms with E-state index in [1.165, 1.54) is 17.3 Å². The van der Waals surface area contributed by atoms with Crippen LogP contribution < -0.4 is 5.32 Å². The van der Waals surface area contributed by atoms with Crippen LogP contribution in [0, 0.1) is 6.92 Å². The number of imidazole rings is 1. The van der Waals surface area contributed by atoms with Gasteiger partial charge in [0.2, 0.25) is 5.91 Å². The second kappa shape index (κ2) is 9.19. The number of para-hydroxylation sites is 2. The molecule has 0 spiro atoms. The molecule has 0 unspecified atom stereocenters. The monoisotopic (exact) mass is 423 g/mol. The molecule has 29 heavy (non-hydrogen) atoms. The van der Waals surface area contributed by atoms with Gasteiger partial charge in [0.1, 0.15) is 5.82 Å². The van der Waals surface area contributed by atoms with Gasteiger partial charge in [-0.05, 0) is 24.6 Å². The zero-order valence-electron chi connectivity index (χ0n) is 16.0. The van der Waals surface area contributed by atoms with Gasteiger partial charge in [0, 0.05) is 12.3 Å². The number of nitrogens with one attached hydrogen (secondary N) is 1. The van der Waals surface area contributed by atoms with Crippen LogP contribution in [-0.4, -0.2) is 30.0 Å². The van der Waals surface area contributed by atoms with Gasteiger partial charge in [0.05, 0.1) is 46.4 Å². The van der Waals surface area contributed by atoms with Gasteiger partial charge in [0.25, 0.3) is 0 Å². The van der Waals surface area contributed by atoms with Crippen molar-refractivity contribution in [2.75, 3.05) is 5.75 Å². The number of amides is 1. The third-order valence-electron chi connectivity index (χ3n) is 4.58. The Bertz CT molecular complexity index is 1110. The van der Waals surface area contributed by atoms with Crippen molar-refractivity contribution in [3.63, 3.8) is 0 Å². The molecule has 0 fully saturated rings. The molecule has 0 saturated heterocycles. The number of benzene rings is 2. The molecule has 1 N–H and O–H groups in total. The number of fused-ring (bicyclic) bond motifs is 1. The number of nitrogens with zero attached hydrogens (tertiary/aromatic N) is 4. The normalized spacial score (nSPS) is 11.1. The number of aromatic nitrogens is 4. The maximum atomic E-state index is 12.3. The van der Waals surface area contributed by atoms with Crippen molar-refractivity contribution < 1.29 is 4.79 Å². The predicted octanol–water partition coefficient (Wildman–Crippen LogP) is 3.79. The first-order valence-corrected chi connectivity index (χ1v) is 11.2. The average molecular weight is 424 g/mol. The standard InChI is InChI=1S/C21H21N5OS2/c1-15-18(25-29-24-15)13-28-14-21(27)22-11-20-23-17-9-5-6-10-19(17)26(20)12-16-7-3-2-4-8-16/h2-10H,11-14H2,1H3,(H,22,27). The van der Waals surface area contributed by atoms with Crippen molar-refractivity contribution in [1.82, 2.24) is 23.6 Å². The molecule has 0 saturated carbocycles. The Morgan fingerprint density at radius 2 is 1.90 bits per heavy atom. The molecule has 0 atom stereocenters. The van der Waals surface area contributed by atoms with E-state index in [1.54, 1.807) is 11.8 Å². The van der Waals surface area contributed by atoms with Gasteiger partial charge in [-0.3, -0.25) is 4.79 Å². The van der Waals surface area contributed by atoms with E-state index in [2.05, 4.69) is 36.8 Å². The second-order valence-electron chi connectivity index (χ2n) is 6.65. The molecule has 0 bridgehead atoms. The van der Waals surface area contributed by atoms with E-state index in [4.69, 9.17) is 4.98 Å². The van der Waals surface area contributed by atoms with Gasteiger partial charge in [-0.2, -0.15) is 8.75 Å². The van der Waals surface area contributed by atoms with E-state index in [0.29, 0.717) is 18.1 Å². The van der Waals surface area contributed by atoms with Crippen molar-refractivity contribution in [3.8, 4) is 0 Å². The smallest absolute Gasteiger partial charge is 0.230 e. The van der Waals surface area contributed by atoms with E-state index in [0.717, 1.165) is 34.8 Å². The van der Waals surface area contributed by atoms with Crippen molar-refractivity contribution >= 4 is 40.4 Å². The summed E-state index contributed by atoms with van der Waals surface area (Å²) in [5.41, 5.74) is 5.11. The van der Waals surface area contributed by atoms with Crippen LogP contribution in [0.5, 0.6) is 0 Å². The Balaban J connectivity index is 1.41. The summed E-state index contributed by atoms with van der Waals surface area (Å²) in [6, 6.07) is 18.3. The summed E-state index contributed by atoms with van der Waals surface area (Å²) >= 11 is 2.76. The van der Waals surface area contributed by atoms with Crippen LogP contribution in [0.2, 0.25) is 0 Å². The molecule has 8 heteroatoms. The Morgan fingerprint density at radius 3 is 2.69 bits per heavy atom. The zero-order valence-corrected chi connectivity index (χ0v) is 17.7.